The highest BCUT2D eigenvalue weighted by molar-refractivity contribution is 6.33. The van der Waals surface area contributed by atoms with Crippen LogP contribution in [-0.4, -0.2) is 13.7 Å². The molecule has 0 radical (unpaired) electrons. The second kappa shape index (κ2) is 6.17. The first-order valence-corrected chi connectivity index (χ1v) is 8.70. The molecule has 0 aliphatic rings. The lowest BCUT2D eigenvalue weighted by molar-refractivity contribution is 0.714. The van der Waals surface area contributed by atoms with Crippen LogP contribution in [0.4, 0.5) is 5.69 Å². The average molecular weight is 381 g/mol. The van der Waals surface area contributed by atoms with Gasteiger partial charge in [0.15, 0.2) is 0 Å². The largest absolute Gasteiger partial charge is 0.399 e. The Morgan fingerprint density at radius 2 is 1.70 bits per heavy atom. The fourth-order valence-electron chi connectivity index (χ4n) is 3.34. The summed E-state index contributed by atoms with van der Waals surface area (Å²) in [5.41, 5.74) is 8.42. The van der Waals surface area contributed by atoms with E-state index in [-0.39, 0.29) is 11.2 Å². The van der Waals surface area contributed by atoms with Gasteiger partial charge in [-0.25, -0.2) is 4.79 Å². The molecule has 4 rings (SSSR count). The molecular formula is C20H17ClN4O2. The van der Waals surface area contributed by atoms with E-state index in [4.69, 9.17) is 17.3 Å². The van der Waals surface area contributed by atoms with Crippen LogP contribution in [-0.2, 0) is 14.1 Å². The van der Waals surface area contributed by atoms with Crippen LogP contribution in [0.5, 0.6) is 0 Å². The van der Waals surface area contributed by atoms with E-state index in [1.807, 2.05) is 41.0 Å². The van der Waals surface area contributed by atoms with E-state index in [0.717, 1.165) is 10.3 Å². The van der Waals surface area contributed by atoms with Gasteiger partial charge in [-0.05, 0) is 24.3 Å². The SMILES string of the molecule is Cn1c(=O)c2c(-c3ccccc3Cl)n(-c3cccc(N)c3)cc2n(C)c1=O. The number of aryl methyl sites for hydroxylation is 1. The maximum Gasteiger partial charge on any atom is 0.330 e. The zero-order valence-electron chi connectivity index (χ0n) is 14.8. The number of benzene rings is 2. The molecule has 4 aromatic rings. The van der Waals surface area contributed by atoms with Gasteiger partial charge in [-0.15, -0.1) is 0 Å². The summed E-state index contributed by atoms with van der Waals surface area (Å²) in [5.74, 6) is 0. The molecule has 2 aromatic carbocycles. The zero-order valence-corrected chi connectivity index (χ0v) is 15.6. The Labute approximate surface area is 159 Å². The van der Waals surface area contributed by atoms with E-state index in [1.54, 1.807) is 25.4 Å². The third-order valence-electron chi connectivity index (χ3n) is 4.72. The zero-order chi connectivity index (χ0) is 19.3. The van der Waals surface area contributed by atoms with Gasteiger partial charge >= 0.3 is 5.69 Å². The van der Waals surface area contributed by atoms with Gasteiger partial charge in [0, 0.05) is 42.3 Å². The Morgan fingerprint density at radius 1 is 0.963 bits per heavy atom. The van der Waals surface area contributed by atoms with Gasteiger partial charge in [0.1, 0.15) is 0 Å². The summed E-state index contributed by atoms with van der Waals surface area (Å²) in [7, 11) is 3.11. The fourth-order valence-corrected chi connectivity index (χ4v) is 3.56. The molecule has 0 bridgehead atoms. The Kier molecular flexibility index (Phi) is 3.93. The van der Waals surface area contributed by atoms with E-state index in [2.05, 4.69) is 0 Å². The van der Waals surface area contributed by atoms with Crippen LogP contribution in [0.15, 0.2) is 64.3 Å². The topological polar surface area (TPSA) is 75.0 Å². The van der Waals surface area contributed by atoms with Crippen molar-refractivity contribution in [3.8, 4) is 16.9 Å². The predicted octanol–water partition coefficient (Wildman–Crippen LogP) is 2.93. The summed E-state index contributed by atoms with van der Waals surface area (Å²) in [6.45, 7) is 0. The first kappa shape index (κ1) is 17.2. The van der Waals surface area contributed by atoms with E-state index < -0.39 is 0 Å². The molecule has 0 atom stereocenters. The van der Waals surface area contributed by atoms with Crippen LogP contribution in [0.3, 0.4) is 0 Å². The molecule has 0 saturated heterocycles. The molecule has 0 aliphatic carbocycles. The molecule has 0 aliphatic heterocycles. The van der Waals surface area contributed by atoms with Crippen molar-refractivity contribution >= 4 is 28.2 Å². The molecule has 0 unspecified atom stereocenters. The summed E-state index contributed by atoms with van der Waals surface area (Å²) in [5, 5.41) is 0.939. The van der Waals surface area contributed by atoms with E-state index in [0.29, 0.717) is 32.9 Å². The summed E-state index contributed by atoms with van der Waals surface area (Å²) in [6, 6.07) is 14.6. The van der Waals surface area contributed by atoms with Crippen molar-refractivity contribution in [2.75, 3.05) is 5.73 Å². The molecule has 6 nitrogen and oxygen atoms in total. The van der Waals surface area contributed by atoms with Gasteiger partial charge in [-0.1, -0.05) is 35.9 Å². The number of nitrogen functional groups attached to an aromatic ring is 1. The second-order valence-corrected chi connectivity index (χ2v) is 6.80. The van der Waals surface area contributed by atoms with Crippen LogP contribution in [0, 0.1) is 0 Å². The second-order valence-electron chi connectivity index (χ2n) is 6.39. The summed E-state index contributed by atoms with van der Waals surface area (Å²) in [6.07, 6.45) is 1.77. The monoisotopic (exact) mass is 380 g/mol. The molecule has 2 N–H and O–H groups in total. The Bertz CT molecular complexity index is 1310. The van der Waals surface area contributed by atoms with Crippen LogP contribution in [0.25, 0.3) is 27.8 Å². The standard InChI is InChI=1S/C20H17ClN4O2/c1-23-16-11-25(13-7-5-6-12(22)10-13)18(14-8-3-4-9-15(14)21)17(16)19(26)24(2)20(23)27/h3-11H,22H2,1-2H3. The van der Waals surface area contributed by atoms with Crippen LogP contribution in [0.2, 0.25) is 5.02 Å². The first-order valence-electron chi connectivity index (χ1n) is 8.32. The quantitative estimate of drug-likeness (QED) is 0.543. The van der Waals surface area contributed by atoms with Gasteiger partial charge in [-0.3, -0.25) is 13.9 Å². The van der Waals surface area contributed by atoms with Crippen molar-refractivity contribution in [1.29, 1.82) is 0 Å². The lowest BCUT2D eigenvalue weighted by Crippen LogP contribution is -2.36. The number of aromatic nitrogens is 3. The summed E-state index contributed by atoms with van der Waals surface area (Å²) < 4.78 is 4.41. The minimum absolute atomic E-state index is 0.370. The molecular weight excluding hydrogens is 364 g/mol. The van der Waals surface area contributed by atoms with Crippen molar-refractivity contribution in [2.45, 2.75) is 0 Å². The third kappa shape index (κ3) is 2.57. The lowest BCUT2D eigenvalue weighted by Gasteiger charge is -2.12. The van der Waals surface area contributed by atoms with Crippen molar-refractivity contribution in [3.05, 3.63) is 80.6 Å². The Balaban J connectivity index is 2.25. The van der Waals surface area contributed by atoms with Crippen LogP contribution < -0.4 is 17.0 Å². The summed E-state index contributed by atoms with van der Waals surface area (Å²) >= 11 is 6.45. The number of rotatable bonds is 2. The maximum atomic E-state index is 13.0. The van der Waals surface area contributed by atoms with Crippen LogP contribution in [0.1, 0.15) is 0 Å². The number of fused-ring (bicyclic) bond motifs is 1. The molecule has 136 valence electrons. The number of nitrogens with zero attached hydrogens (tertiary/aromatic N) is 3. The smallest absolute Gasteiger partial charge is 0.330 e. The molecule has 7 heteroatoms. The normalized spacial score (nSPS) is 11.2. The van der Waals surface area contributed by atoms with Gasteiger partial charge in [0.05, 0.1) is 16.6 Å². The molecule has 0 fully saturated rings. The highest BCUT2D eigenvalue weighted by atomic mass is 35.5. The van der Waals surface area contributed by atoms with Crippen molar-refractivity contribution in [3.63, 3.8) is 0 Å². The number of halogens is 1. The predicted molar refractivity (Wildman–Crippen MR) is 109 cm³/mol. The maximum absolute atomic E-state index is 13.0. The summed E-state index contributed by atoms with van der Waals surface area (Å²) in [4.78, 5) is 25.4. The molecule has 0 saturated carbocycles. The highest BCUT2D eigenvalue weighted by Gasteiger charge is 2.21. The van der Waals surface area contributed by atoms with E-state index >= 15 is 0 Å². The van der Waals surface area contributed by atoms with Crippen molar-refractivity contribution < 1.29 is 0 Å². The van der Waals surface area contributed by atoms with Gasteiger partial charge in [0.25, 0.3) is 5.56 Å². The first-order chi connectivity index (χ1) is 12.9. The van der Waals surface area contributed by atoms with E-state index in [9.17, 15) is 9.59 Å². The molecule has 27 heavy (non-hydrogen) atoms. The number of anilines is 1. The Morgan fingerprint density at radius 3 is 2.41 bits per heavy atom. The minimum Gasteiger partial charge on any atom is -0.399 e. The third-order valence-corrected chi connectivity index (χ3v) is 5.05. The fraction of sp³-hybridized carbons (Fsp3) is 0.100. The minimum atomic E-state index is -0.386. The number of hydrogen-bond donors (Lipinski definition) is 1. The van der Waals surface area contributed by atoms with Crippen molar-refractivity contribution in [1.82, 2.24) is 13.7 Å². The van der Waals surface area contributed by atoms with Gasteiger partial charge < -0.3 is 10.3 Å². The van der Waals surface area contributed by atoms with E-state index in [1.165, 1.54) is 11.6 Å². The molecule has 2 aromatic heterocycles. The highest BCUT2D eigenvalue weighted by Crippen LogP contribution is 2.35. The lowest BCUT2D eigenvalue weighted by atomic mass is 10.1. The Hall–Kier alpha value is -3.25. The molecule has 0 amide bonds. The molecule has 0 spiro atoms. The molecule has 2 heterocycles. The van der Waals surface area contributed by atoms with Crippen LogP contribution >= 0.6 is 11.6 Å². The van der Waals surface area contributed by atoms with Gasteiger partial charge in [-0.2, -0.15) is 0 Å². The number of nitrogens with two attached hydrogens (primary N) is 1. The van der Waals surface area contributed by atoms with Gasteiger partial charge in [0.2, 0.25) is 0 Å². The number of hydrogen-bond acceptors (Lipinski definition) is 3. The van der Waals surface area contributed by atoms with Crippen molar-refractivity contribution in [2.24, 2.45) is 14.1 Å². The average Bonchev–Trinajstić information content (AvgIpc) is 3.05.